The standard InChI is InChI=1S/C20H19ClN2O5S/c21-14-5-7-15(8-6-14)29(26,27)22-18-13-19-20(25,17-4-2-1-3-16(17)18)28-12-10-23(19)9-11-24/h1-8,13,24-25H,9-12H2/b22-18+. The number of halogens is 1. The molecule has 0 radical (unpaired) electrons. The van der Waals surface area contributed by atoms with Gasteiger partial charge in [0.1, 0.15) is 0 Å². The van der Waals surface area contributed by atoms with Crippen LogP contribution in [0, 0.1) is 0 Å². The van der Waals surface area contributed by atoms with E-state index < -0.39 is 15.8 Å². The number of benzene rings is 2. The molecule has 1 aliphatic heterocycles. The predicted molar refractivity (Wildman–Crippen MR) is 108 cm³/mol. The molecule has 0 amide bonds. The van der Waals surface area contributed by atoms with Crippen LogP contribution < -0.4 is 0 Å². The molecule has 2 N–H and O–H groups in total. The van der Waals surface area contributed by atoms with Gasteiger partial charge in [0, 0.05) is 29.2 Å². The van der Waals surface area contributed by atoms with Crippen LogP contribution in [0.15, 0.2) is 69.6 Å². The first-order chi connectivity index (χ1) is 13.8. The lowest BCUT2D eigenvalue weighted by Gasteiger charge is -2.45. The third kappa shape index (κ3) is 3.58. The number of aliphatic hydroxyl groups excluding tert-OH is 1. The van der Waals surface area contributed by atoms with E-state index in [-0.39, 0.29) is 30.4 Å². The fourth-order valence-corrected chi connectivity index (χ4v) is 4.66. The molecule has 4 rings (SSSR count). The molecule has 0 bridgehead atoms. The van der Waals surface area contributed by atoms with Crippen molar-refractivity contribution in [2.24, 2.45) is 4.40 Å². The van der Waals surface area contributed by atoms with Crippen molar-refractivity contribution < 1.29 is 23.4 Å². The smallest absolute Gasteiger partial charge is 0.282 e. The van der Waals surface area contributed by atoms with E-state index in [9.17, 15) is 18.6 Å². The Morgan fingerprint density at radius 1 is 1.17 bits per heavy atom. The molecule has 1 atom stereocenters. The van der Waals surface area contributed by atoms with E-state index in [0.29, 0.717) is 28.4 Å². The van der Waals surface area contributed by atoms with Crippen LogP contribution in [0.5, 0.6) is 0 Å². The van der Waals surface area contributed by atoms with Crippen molar-refractivity contribution in [3.8, 4) is 0 Å². The second-order valence-corrected chi connectivity index (χ2v) is 8.72. The zero-order valence-electron chi connectivity index (χ0n) is 15.3. The second-order valence-electron chi connectivity index (χ2n) is 6.68. The van der Waals surface area contributed by atoms with Gasteiger partial charge in [0.25, 0.3) is 10.0 Å². The van der Waals surface area contributed by atoms with Crippen LogP contribution in [0.4, 0.5) is 0 Å². The number of morpholine rings is 1. The van der Waals surface area contributed by atoms with Gasteiger partial charge in [-0.05, 0) is 30.3 Å². The normalized spacial score (nSPS) is 22.8. The van der Waals surface area contributed by atoms with Gasteiger partial charge in [-0.1, -0.05) is 35.9 Å². The summed E-state index contributed by atoms with van der Waals surface area (Å²) in [6, 6.07) is 12.6. The van der Waals surface area contributed by atoms with Crippen LogP contribution in [-0.4, -0.2) is 55.5 Å². The molecule has 1 saturated heterocycles. The minimum absolute atomic E-state index is 0.0122. The highest BCUT2D eigenvalue weighted by Gasteiger charge is 2.46. The van der Waals surface area contributed by atoms with E-state index in [1.807, 2.05) is 0 Å². The molecule has 2 aliphatic rings. The Kier molecular flexibility index (Phi) is 5.22. The average molecular weight is 435 g/mol. The summed E-state index contributed by atoms with van der Waals surface area (Å²) in [5.74, 6) is -1.73. The van der Waals surface area contributed by atoms with Crippen molar-refractivity contribution in [1.29, 1.82) is 0 Å². The fraction of sp³-hybridized carbons (Fsp3) is 0.250. The quantitative estimate of drug-likeness (QED) is 0.762. The molecular weight excluding hydrogens is 416 g/mol. The third-order valence-corrected chi connectivity index (χ3v) is 6.46. The van der Waals surface area contributed by atoms with Gasteiger partial charge >= 0.3 is 0 Å². The summed E-state index contributed by atoms with van der Waals surface area (Å²) in [5, 5.41) is 21.1. The number of nitrogens with zero attached hydrogens (tertiary/aromatic N) is 2. The molecule has 2 aromatic rings. The first-order valence-electron chi connectivity index (χ1n) is 9.00. The van der Waals surface area contributed by atoms with Crippen LogP contribution in [0.25, 0.3) is 0 Å². The van der Waals surface area contributed by atoms with E-state index in [0.717, 1.165) is 0 Å². The highest BCUT2D eigenvalue weighted by molar-refractivity contribution is 7.90. The number of sulfonamides is 1. The summed E-state index contributed by atoms with van der Waals surface area (Å²) in [6.07, 6.45) is 1.50. The Hall–Kier alpha value is -2.23. The molecule has 1 heterocycles. The topological polar surface area (TPSA) is 99.4 Å². The summed E-state index contributed by atoms with van der Waals surface area (Å²) in [5.41, 5.74) is 1.40. The minimum atomic E-state index is -4.01. The Bertz CT molecular complexity index is 1100. The number of aliphatic hydroxyl groups is 2. The number of hydrogen-bond acceptors (Lipinski definition) is 6. The van der Waals surface area contributed by atoms with Gasteiger partial charge in [-0.25, -0.2) is 0 Å². The van der Waals surface area contributed by atoms with Crippen molar-refractivity contribution in [2.75, 3.05) is 26.3 Å². The summed E-state index contributed by atoms with van der Waals surface area (Å²) in [7, 11) is -4.01. The Morgan fingerprint density at radius 3 is 2.62 bits per heavy atom. The third-order valence-electron chi connectivity index (χ3n) is 4.90. The summed E-state index contributed by atoms with van der Waals surface area (Å²) in [4.78, 5) is 1.78. The van der Waals surface area contributed by atoms with Gasteiger partial charge in [-0.15, -0.1) is 0 Å². The number of allylic oxidation sites excluding steroid dienone is 1. The minimum Gasteiger partial charge on any atom is -0.395 e. The lowest BCUT2D eigenvalue weighted by atomic mass is 9.86. The van der Waals surface area contributed by atoms with E-state index in [2.05, 4.69) is 4.40 Å². The van der Waals surface area contributed by atoms with E-state index in [1.54, 1.807) is 29.2 Å². The van der Waals surface area contributed by atoms with Crippen molar-refractivity contribution >= 4 is 27.3 Å². The molecule has 1 fully saturated rings. The van der Waals surface area contributed by atoms with Crippen LogP contribution in [0.1, 0.15) is 11.1 Å². The largest absolute Gasteiger partial charge is 0.395 e. The van der Waals surface area contributed by atoms with Gasteiger partial charge in [0.2, 0.25) is 5.79 Å². The molecular formula is C20H19ClN2O5S. The van der Waals surface area contributed by atoms with E-state index in [4.69, 9.17) is 16.3 Å². The Morgan fingerprint density at radius 2 is 1.90 bits per heavy atom. The summed E-state index contributed by atoms with van der Waals surface area (Å²) in [6.45, 7) is 0.868. The van der Waals surface area contributed by atoms with Crippen LogP contribution >= 0.6 is 11.6 Å². The molecule has 0 spiro atoms. The molecule has 2 aromatic carbocycles. The zero-order valence-corrected chi connectivity index (χ0v) is 16.9. The molecule has 0 aromatic heterocycles. The number of fused-ring (bicyclic) bond motifs is 3. The number of hydrogen-bond donors (Lipinski definition) is 2. The number of ether oxygens (including phenoxy) is 1. The van der Waals surface area contributed by atoms with Gasteiger partial charge in [0.15, 0.2) is 0 Å². The van der Waals surface area contributed by atoms with E-state index >= 15 is 0 Å². The highest BCUT2D eigenvalue weighted by Crippen LogP contribution is 2.41. The lowest BCUT2D eigenvalue weighted by molar-refractivity contribution is -0.219. The molecule has 152 valence electrons. The van der Waals surface area contributed by atoms with Crippen molar-refractivity contribution in [3.63, 3.8) is 0 Å². The monoisotopic (exact) mass is 434 g/mol. The fourth-order valence-electron chi connectivity index (χ4n) is 3.54. The van der Waals surface area contributed by atoms with Crippen LogP contribution in [0.2, 0.25) is 5.02 Å². The first kappa shape index (κ1) is 20.1. The van der Waals surface area contributed by atoms with Crippen LogP contribution in [-0.2, 0) is 20.5 Å². The van der Waals surface area contributed by atoms with Gasteiger partial charge < -0.3 is 19.8 Å². The van der Waals surface area contributed by atoms with Crippen molar-refractivity contribution in [2.45, 2.75) is 10.7 Å². The van der Waals surface area contributed by atoms with Gasteiger partial charge in [-0.3, -0.25) is 0 Å². The van der Waals surface area contributed by atoms with Gasteiger partial charge in [0.05, 0.1) is 29.5 Å². The van der Waals surface area contributed by atoms with Crippen LogP contribution in [0.3, 0.4) is 0 Å². The molecule has 9 heteroatoms. The maximum absolute atomic E-state index is 12.9. The number of β-amino-alcohol motifs (C(OH)–C–C–N with tert-alkyl or cyclic N) is 1. The van der Waals surface area contributed by atoms with E-state index in [1.165, 1.54) is 30.3 Å². The second kappa shape index (κ2) is 7.55. The maximum Gasteiger partial charge on any atom is 0.282 e. The molecule has 1 unspecified atom stereocenters. The van der Waals surface area contributed by atoms with Crippen molar-refractivity contribution in [1.82, 2.24) is 4.90 Å². The number of rotatable bonds is 4. The highest BCUT2D eigenvalue weighted by atomic mass is 35.5. The molecule has 29 heavy (non-hydrogen) atoms. The average Bonchev–Trinajstić information content (AvgIpc) is 2.70. The zero-order chi connectivity index (χ0) is 20.6. The Labute approximate surface area is 173 Å². The molecule has 0 saturated carbocycles. The SMILES string of the molecule is O=S(=O)(/N=C1\C=C2N(CCO)CCOC2(O)c2ccccc21)c1ccc(Cl)cc1. The summed E-state index contributed by atoms with van der Waals surface area (Å²) < 4.78 is 35.5. The molecule has 7 nitrogen and oxygen atoms in total. The van der Waals surface area contributed by atoms with Crippen molar-refractivity contribution in [3.05, 3.63) is 76.5 Å². The van der Waals surface area contributed by atoms with Gasteiger partial charge in [-0.2, -0.15) is 12.8 Å². The maximum atomic E-state index is 12.9. The molecule has 1 aliphatic carbocycles. The Balaban J connectivity index is 1.88. The lowest BCUT2D eigenvalue weighted by Crippen LogP contribution is -2.50. The summed E-state index contributed by atoms with van der Waals surface area (Å²) >= 11 is 5.85. The predicted octanol–water partition coefficient (Wildman–Crippen LogP) is 1.89. The first-order valence-corrected chi connectivity index (χ1v) is 10.8.